The molecule has 1 amide bonds. The van der Waals surface area contributed by atoms with Crippen molar-refractivity contribution in [3.8, 4) is 0 Å². The van der Waals surface area contributed by atoms with Gasteiger partial charge in [0.1, 0.15) is 0 Å². The maximum atomic E-state index is 12.1. The van der Waals surface area contributed by atoms with Gasteiger partial charge < -0.3 is 5.32 Å². The topological polar surface area (TPSA) is 42.0 Å². The van der Waals surface area contributed by atoms with Gasteiger partial charge in [0.25, 0.3) is 0 Å². The maximum Gasteiger partial charge on any atom is 0.230 e. The number of carbonyl (C=O) groups is 1. The highest BCUT2D eigenvalue weighted by Crippen LogP contribution is 2.23. The highest BCUT2D eigenvalue weighted by atomic mass is 35.5. The highest BCUT2D eigenvalue weighted by Gasteiger charge is 2.13. The molecule has 1 N–H and O–H groups in total. The highest BCUT2D eigenvalue weighted by molar-refractivity contribution is 8.01. The first kappa shape index (κ1) is 16.3. The fourth-order valence-corrected chi connectivity index (χ4v) is 3.66. The fourth-order valence-electron chi connectivity index (χ4n) is 1.88. The third-order valence-corrected chi connectivity index (χ3v) is 5.33. The van der Waals surface area contributed by atoms with Gasteiger partial charge in [-0.1, -0.05) is 42.4 Å². The Labute approximate surface area is 138 Å². The second kappa shape index (κ2) is 7.82. The number of carbonyl (C=O) groups excluding carboxylic acids is 1. The molecular formula is C15H17ClN2OS2. The van der Waals surface area contributed by atoms with Gasteiger partial charge in [0.15, 0.2) is 4.34 Å². The molecule has 0 fully saturated rings. The van der Waals surface area contributed by atoms with Crippen LogP contribution in [0.15, 0.2) is 34.0 Å². The van der Waals surface area contributed by atoms with E-state index < -0.39 is 0 Å². The molecule has 2 aromatic rings. The van der Waals surface area contributed by atoms with Crippen LogP contribution in [0.2, 0.25) is 5.02 Å². The molecule has 0 bridgehead atoms. The molecule has 0 spiro atoms. The van der Waals surface area contributed by atoms with E-state index in [0.717, 1.165) is 22.0 Å². The molecule has 21 heavy (non-hydrogen) atoms. The number of nitrogens with one attached hydrogen (secondary N) is 1. The lowest BCUT2D eigenvalue weighted by molar-refractivity contribution is -0.119. The fraction of sp³-hybridized carbons (Fsp3) is 0.333. The summed E-state index contributed by atoms with van der Waals surface area (Å²) in [6.45, 7) is 4.01. The van der Waals surface area contributed by atoms with Crippen LogP contribution in [0.5, 0.6) is 0 Å². The number of thiazole rings is 1. The molecule has 2 rings (SSSR count). The Hall–Kier alpha value is -1.04. The number of halogens is 1. The minimum absolute atomic E-state index is 0.0217. The van der Waals surface area contributed by atoms with E-state index >= 15 is 0 Å². The summed E-state index contributed by atoms with van der Waals surface area (Å²) in [6.07, 6.45) is 0.842. The first-order valence-corrected chi connectivity index (χ1v) is 8.92. The molecule has 0 aliphatic heterocycles. The van der Waals surface area contributed by atoms with Crippen molar-refractivity contribution in [1.82, 2.24) is 10.3 Å². The van der Waals surface area contributed by atoms with Crippen molar-refractivity contribution < 1.29 is 4.79 Å². The number of amides is 1. The maximum absolute atomic E-state index is 12.1. The number of hydrogen-bond donors (Lipinski definition) is 1. The van der Waals surface area contributed by atoms with Crippen molar-refractivity contribution in [3.05, 3.63) is 45.9 Å². The lowest BCUT2D eigenvalue weighted by Gasteiger charge is -2.17. The quantitative estimate of drug-likeness (QED) is 0.789. The molecule has 1 aromatic heterocycles. The van der Waals surface area contributed by atoms with E-state index in [1.807, 2.05) is 36.6 Å². The Bertz CT molecular complexity index is 598. The number of benzene rings is 1. The molecule has 0 saturated carbocycles. The minimum Gasteiger partial charge on any atom is -0.349 e. The van der Waals surface area contributed by atoms with Crippen LogP contribution < -0.4 is 5.32 Å². The summed E-state index contributed by atoms with van der Waals surface area (Å²) in [5.74, 6) is 0.409. The summed E-state index contributed by atoms with van der Waals surface area (Å²) >= 11 is 8.93. The van der Waals surface area contributed by atoms with Crippen molar-refractivity contribution in [2.45, 2.75) is 30.6 Å². The van der Waals surface area contributed by atoms with Gasteiger partial charge in [-0.2, -0.15) is 0 Å². The molecule has 6 heteroatoms. The van der Waals surface area contributed by atoms with E-state index in [9.17, 15) is 4.79 Å². The van der Waals surface area contributed by atoms with Crippen LogP contribution in [0.4, 0.5) is 0 Å². The smallest absolute Gasteiger partial charge is 0.230 e. The molecule has 0 radical (unpaired) electrons. The SMILES string of the molecule is CCC(NC(=O)CSc1nc(C)cs1)c1ccc(Cl)cc1. The van der Waals surface area contributed by atoms with E-state index in [0.29, 0.717) is 10.8 Å². The lowest BCUT2D eigenvalue weighted by Crippen LogP contribution is -2.29. The zero-order chi connectivity index (χ0) is 15.2. The summed E-state index contributed by atoms with van der Waals surface area (Å²) < 4.78 is 0.933. The molecular weight excluding hydrogens is 324 g/mol. The molecule has 1 aromatic carbocycles. The van der Waals surface area contributed by atoms with Gasteiger partial charge in [0.05, 0.1) is 11.8 Å². The van der Waals surface area contributed by atoms with Crippen molar-refractivity contribution in [2.24, 2.45) is 0 Å². The van der Waals surface area contributed by atoms with E-state index in [1.54, 1.807) is 11.3 Å². The van der Waals surface area contributed by atoms with Crippen molar-refractivity contribution in [3.63, 3.8) is 0 Å². The summed E-state index contributed by atoms with van der Waals surface area (Å²) in [4.78, 5) is 16.4. The van der Waals surface area contributed by atoms with Crippen LogP contribution in [0.25, 0.3) is 0 Å². The number of nitrogens with zero attached hydrogens (tertiary/aromatic N) is 1. The van der Waals surface area contributed by atoms with E-state index in [-0.39, 0.29) is 11.9 Å². The molecule has 0 saturated heterocycles. The molecule has 1 unspecified atom stereocenters. The van der Waals surface area contributed by atoms with Crippen LogP contribution in [0.3, 0.4) is 0 Å². The average Bonchev–Trinajstić information content (AvgIpc) is 2.89. The average molecular weight is 341 g/mol. The summed E-state index contributed by atoms with van der Waals surface area (Å²) in [7, 11) is 0. The predicted molar refractivity (Wildman–Crippen MR) is 90.2 cm³/mol. The van der Waals surface area contributed by atoms with Crippen LogP contribution in [-0.2, 0) is 4.79 Å². The molecule has 0 aliphatic carbocycles. The molecule has 1 atom stereocenters. The van der Waals surface area contributed by atoms with Crippen molar-refractivity contribution in [1.29, 1.82) is 0 Å². The third-order valence-electron chi connectivity index (χ3n) is 2.94. The molecule has 1 heterocycles. The van der Waals surface area contributed by atoms with Gasteiger partial charge in [-0.05, 0) is 31.0 Å². The van der Waals surface area contributed by atoms with Gasteiger partial charge in [0, 0.05) is 16.1 Å². The largest absolute Gasteiger partial charge is 0.349 e. The van der Waals surface area contributed by atoms with Crippen LogP contribution in [-0.4, -0.2) is 16.6 Å². The number of aromatic nitrogens is 1. The number of aryl methyl sites for hydroxylation is 1. The Balaban J connectivity index is 1.89. The zero-order valence-electron chi connectivity index (χ0n) is 11.9. The van der Waals surface area contributed by atoms with Gasteiger partial charge in [0.2, 0.25) is 5.91 Å². The summed E-state index contributed by atoms with van der Waals surface area (Å²) in [5.41, 5.74) is 2.07. The normalized spacial score (nSPS) is 12.1. The number of rotatable bonds is 6. The monoisotopic (exact) mass is 340 g/mol. The van der Waals surface area contributed by atoms with Crippen LogP contribution in [0, 0.1) is 6.92 Å². The third kappa shape index (κ3) is 5.02. The van der Waals surface area contributed by atoms with Crippen molar-refractivity contribution >= 4 is 40.6 Å². The van der Waals surface area contributed by atoms with Crippen molar-refractivity contribution in [2.75, 3.05) is 5.75 Å². The lowest BCUT2D eigenvalue weighted by atomic mass is 10.0. The predicted octanol–water partition coefficient (Wildman–Crippen LogP) is 4.46. The first-order valence-electron chi connectivity index (χ1n) is 6.68. The standard InChI is InChI=1S/C15H17ClN2OS2/c1-3-13(11-4-6-12(16)7-5-11)18-14(19)9-21-15-17-10(2)8-20-15/h4-8,13H,3,9H2,1-2H3,(H,18,19). The number of thioether (sulfide) groups is 1. The minimum atomic E-state index is 0.0217. The second-order valence-corrected chi connectivity index (χ2v) is 7.14. The first-order chi connectivity index (χ1) is 10.1. The van der Waals surface area contributed by atoms with Crippen LogP contribution in [0.1, 0.15) is 30.6 Å². The Morgan fingerprint density at radius 3 is 2.71 bits per heavy atom. The van der Waals surface area contributed by atoms with Gasteiger partial charge in [-0.15, -0.1) is 11.3 Å². The second-order valence-electron chi connectivity index (χ2n) is 4.62. The Kier molecular flexibility index (Phi) is 6.08. The Morgan fingerprint density at radius 2 is 2.14 bits per heavy atom. The van der Waals surface area contributed by atoms with Gasteiger partial charge >= 0.3 is 0 Å². The summed E-state index contributed by atoms with van der Waals surface area (Å²) in [6, 6.07) is 7.62. The molecule has 3 nitrogen and oxygen atoms in total. The molecule has 0 aliphatic rings. The van der Waals surface area contributed by atoms with Gasteiger partial charge in [-0.3, -0.25) is 4.79 Å². The van der Waals surface area contributed by atoms with E-state index in [2.05, 4.69) is 17.2 Å². The van der Waals surface area contributed by atoms with Crippen LogP contribution >= 0.6 is 34.7 Å². The van der Waals surface area contributed by atoms with Gasteiger partial charge in [-0.25, -0.2) is 4.98 Å². The zero-order valence-corrected chi connectivity index (χ0v) is 14.3. The summed E-state index contributed by atoms with van der Waals surface area (Å²) in [5, 5.41) is 5.75. The molecule has 112 valence electrons. The number of hydrogen-bond acceptors (Lipinski definition) is 4. The van der Waals surface area contributed by atoms with E-state index in [4.69, 9.17) is 11.6 Å². The van der Waals surface area contributed by atoms with E-state index in [1.165, 1.54) is 11.8 Å². The Morgan fingerprint density at radius 1 is 1.43 bits per heavy atom.